The summed E-state index contributed by atoms with van der Waals surface area (Å²) in [5, 5.41) is 13.7. The molecule has 0 unspecified atom stereocenters. The fourth-order valence-corrected chi connectivity index (χ4v) is 2.31. The first-order chi connectivity index (χ1) is 12.3. The third-order valence-electron chi connectivity index (χ3n) is 3.55. The number of carbonyl (C=O) groups is 1. The van der Waals surface area contributed by atoms with E-state index in [2.05, 4.69) is 20.7 Å². The molecule has 25 heavy (non-hydrogen) atoms. The average Bonchev–Trinajstić information content (AvgIpc) is 3.34. The molecule has 2 aromatic carbocycles. The lowest BCUT2D eigenvalue weighted by Crippen LogP contribution is -2.11. The lowest BCUT2D eigenvalue weighted by Gasteiger charge is -2.04. The van der Waals surface area contributed by atoms with Crippen molar-refractivity contribution in [2.75, 3.05) is 5.32 Å². The Morgan fingerprint density at radius 2 is 1.64 bits per heavy atom. The number of amides is 1. The number of rotatable bonds is 4. The van der Waals surface area contributed by atoms with E-state index < -0.39 is 0 Å². The normalized spacial score (nSPS) is 10.6. The summed E-state index contributed by atoms with van der Waals surface area (Å²) in [6.07, 6.45) is 1.46. The SMILES string of the molecule is O=C(Nc1nnc(-c2ccno2)o1)c1ccc(-c2ccccc2)cc1. The third kappa shape index (κ3) is 3.16. The molecule has 0 aliphatic heterocycles. The average molecular weight is 332 g/mol. The van der Waals surface area contributed by atoms with Gasteiger partial charge in [0.05, 0.1) is 6.20 Å². The van der Waals surface area contributed by atoms with Gasteiger partial charge in [-0.3, -0.25) is 10.1 Å². The minimum Gasteiger partial charge on any atom is -0.400 e. The number of benzene rings is 2. The van der Waals surface area contributed by atoms with Crippen LogP contribution in [-0.4, -0.2) is 21.3 Å². The van der Waals surface area contributed by atoms with Crippen LogP contribution < -0.4 is 5.32 Å². The van der Waals surface area contributed by atoms with Crippen LogP contribution >= 0.6 is 0 Å². The van der Waals surface area contributed by atoms with E-state index in [9.17, 15) is 4.79 Å². The van der Waals surface area contributed by atoms with Gasteiger partial charge in [-0.15, -0.1) is 5.10 Å². The number of carbonyl (C=O) groups excluding carboxylic acids is 1. The van der Waals surface area contributed by atoms with Crippen LogP contribution in [0, 0.1) is 0 Å². The highest BCUT2D eigenvalue weighted by atomic mass is 16.5. The third-order valence-corrected chi connectivity index (χ3v) is 3.55. The highest BCUT2D eigenvalue weighted by Crippen LogP contribution is 2.21. The quantitative estimate of drug-likeness (QED) is 0.613. The number of aromatic nitrogens is 3. The van der Waals surface area contributed by atoms with Crippen LogP contribution in [-0.2, 0) is 0 Å². The van der Waals surface area contributed by atoms with Gasteiger partial charge in [-0.25, -0.2) is 0 Å². The standard InChI is InChI=1S/C18H12N4O3/c23-16(20-18-22-21-17(24-18)15-10-11-19-25-15)14-8-6-13(7-9-14)12-4-2-1-3-5-12/h1-11H,(H,20,22,23). The minimum atomic E-state index is -0.340. The zero-order valence-electron chi connectivity index (χ0n) is 12.9. The highest BCUT2D eigenvalue weighted by molar-refractivity contribution is 6.03. The second kappa shape index (κ2) is 6.40. The molecular weight excluding hydrogens is 320 g/mol. The van der Waals surface area contributed by atoms with Gasteiger partial charge in [-0.05, 0) is 23.3 Å². The maximum absolute atomic E-state index is 12.3. The number of hydrogen-bond acceptors (Lipinski definition) is 6. The topological polar surface area (TPSA) is 94.1 Å². The Kier molecular flexibility index (Phi) is 3.80. The van der Waals surface area contributed by atoms with Gasteiger partial charge in [0.1, 0.15) is 0 Å². The molecule has 0 saturated carbocycles. The monoisotopic (exact) mass is 332 g/mol. The molecule has 7 nitrogen and oxygen atoms in total. The minimum absolute atomic E-state index is 0.0106. The summed E-state index contributed by atoms with van der Waals surface area (Å²) in [4.78, 5) is 12.3. The maximum atomic E-state index is 12.3. The first-order valence-corrected chi connectivity index (χ1v) is 7.51. The van der Waals surface area contributed by atoms with Crippen LogP contribution in [0.15, 0.2) is 75.8 Å². The Labute approximate surface area is 142 Å². The van der Waals surface area contributed by atoms with Crippen molar-refractivity contribution in [2.45, 2.75) is 0 Å². The second-order valence-corrected chi connectivity index (χ2v) is 5.19. The van der Waals surface area contributed by atoms with Gasteiger partial charge >= 0.3 is 6.01 Å². The van der Waals surface area contributed by atoms with Crippen molar-refractivity contribution in [2.24, 2.45) is 0 Å². The number of nitrogens with one attached hydrogen (secondary N) is 1. The zero-order chi connectivity index (χ0) is 17.1. The van der Waals surface area contributed by atoms with E-state index in [1.807, 2.05) is 42.5 Å². The van der Waals surface area contributed by atoms with Crippen molar-refractivity contribution in [3.63, 3.8) is 0 Å². The summed E-state index contributed by atoms with van der Waals surface area (Å²) in [6.45, 7) is 0. The Bertz CT molecular complexity index is 977. The second-order valence-electron chi connectivity index (χ2n) is 5.19. The van der Waals surface area contributed by atoms with E-state index in [4.69, 9.17) is 8.94 Å². The fraction of sp³-hybridized carbons (Fsp3) is 0. The molecule has 1 N–H and O–H groups in total. The molecule has 7 heteroatoms. The molecule has 122 valence electrons. The van der Waals surface area contributed by atoms with Crippen molar-refractivity contribution in [1.82, 2.24) is 15.4 Å². The van der Waals surface area contributed by atoms with Crippen LogP contribution in [0.2, 0.25) is 0 Å². The molecule has 4 rings (SSSR count). The van der Waals surface area contributed by atoms with E-state index in [1.54, 1.807) is 18.2 Å². The van der Waals surface area contributed by atoms with E-state index in [0.717, 1.165) is 11.1 Å². The highest BCUT2D eigenvalue weighted by Gasteiger charge is 2.14. The number of nitrogens with zero attached hydrogens (tertiary/aromatic N) is 3. The zero-order valence-corrected chi connectivity index (χ0v) is 12.9. The van der Waals surface area contributed by atoms with Crippen LogP contribution in [0.1, 0.15) is 10.4 Å². The Morgan fingerprint density at radius 3 is 2.36 bits per heavy atom. The number of hydrogen-bond donors (Lipinski definition) is 1. The van der Waals surface area contributed by atoms with Crippen molar-refractivity contribution in [1.29, 1.82) is 0 Å². The molecule has 0 aliphatic carbocycles. The van der Waals surface area contributed by atoms with Crippen molar-refractivity contribution >= 4 is 11.9 Å². The molecule has 0 saturated heterocycles. The maximum Gasteiger partial charge on any atom is 0.322 e. The van der Waals surface area contributed by atoms with E-state index in [0.29, 0.717) is 11.3 Å². The molecule has 0 radical (unpaired) electrons. The van der Waals surface area contributed by atoms with Gasteiger partial charge in [0.15, 0.2) is 0 Å². The van der Waals surface area contributed by atoms with Crippen LogP contribution in [0.4, 0.5) is 6.01 Å². The van der Waals surface area contributed by atoms with E-state index >= 15 is 0 Å². The summed E-state index contributed by atoms with van der Waals surface area (Å²) in [6, 6.07) is 18.8. The van der Waals surface area contributed by atoms with E-state index in [1.165, 1.54) is 6.20 Å². The van der Waals surface area contributed by atoms with Gasteiger partial charge in [0.2, 0.25) is 5.76 Å². The lowest BCUT2D eigenvalue weighted by atomic mass is 10.0. The first-order valence-electron chi connectivity index (χ1n) is 7.51. The summed E-state index contributed by atoms with van der Waals surface area (Å²) in [7, 11) is 0. The molecule has 2 aromatic heterocycles. The van der Waals surface area contributed by atoms with Crippen LogP contribution in [0.5, 0.6) is 0 Å². The molecule has 2 heterocycles. The van der Waals surface area contributed by atoms with Gasteiger partial charge in [-0.2, -0.15) is 0 Å². The molecule has 1 amide bonds. The Balaban J connectivity index is 1.48. The van der Waals surface area contributed by atoms with Gasteiger partial charge in [0, 0.05) is 11.6 Å². The van der Waals surface area contributed by atoms with Crippen molar-refractivity contribution in [3.05, 3.63) is 72.4 Å². The van der Waals surface area contributed by atoms with Crippen molar-refractivity contribution in [3.8, 4) is 22.8 Å². The predicted molar refractivity (Wildman–Crippen MR) is 89.6 cm³/mol. The molecule has 0 spiro atoms. The van der Waals surface area contributed by atoms with Crippen LogP contribution in [0.3, 0.4) is 0 Å². The predicted octanol–water partition coefficient (Wildman–Crippen LogP) is 3.64. The summed E-state index contributed by atoms with van der Waals surface area (Å²) >= 11 is 0. The Hall–Kier alpha value is -3.74. The van der Waals surface area contributed by atoms with Crippen LogP contribution in [0.25, 0.3) is 22.8 Å². The van der Waals surface area contributed by atoms with Gasteiger partial charge in [-0.1, -0.05) is 52.7 Å². The number of anilines is 1. The fourth-order valence-electron chi connectivity index (χ4n) is 2.31. The summed E-state index contributed by atoms with van der Waals surface area (Å²) < 4.78 is 10.2. The lowest BCUT2D eigenvalue weighted by molar-refractivity contribution is 0.102. The molecule has 0 fully saturated rings. The summed E-state index contributed by atoms with van der Waals surface area (Å²) in [5.74, 6) is 0.139. The Morgan fingerprint density at radius 1 is 0.880 bits per heavy atom. The van der Waals surface area contributed by atoms with E-state index in [-0.39, 0.29) is 17.8 Å². The summed E-state index contributed by atoms with van der Waals surface area (Å²) in [5.41, 5.74) is 2.60. The van der Waals surface area contributed by atoms with Gasteiger partial charge < -0.3 is 8.94 Å². The molecule has 4 aromatic rings. The molecule has 0 aliphatic rings. The van der Waals surface area contributed by atoms with Gasteiger partial charge in [0.25, 0.3) is 11.8 Å². The van der Waals surface area contributed by atoms with Crippen molar-refractivity contribution < 1.29 is 13.7 Å². The molecular formula is C18H12N4O3. The largest absolute Gasteiger partial charge is 0.400 e. The first kappa shape index (κ1) is 14.8. The molecule has 0 bridgehead atoms. The molecule has 0 atom stereocenters. The smallest absolute Gasteiger partial charge is 0.322 e.